The second kappa shape index (κ2) is 7.45. The van der Waals surface area contributed by atoms with Crippen molar-refractivity contribution in [3.8, 4) is 22.8 Å². The van der Waals surface area contributed by atoms with E-state index in [0.717, 1.165) is 22.4 Å². The number of esters is 1. The van der Waals surface area contributed by atoms with Gasteiger partial charge < -0.3 is 14.2 Å². The van der Waals surface area contributed by atoms with Crippen molar-refractivity contribution < 1.29 is 19.0 Å². The van der Waals surface area contributed by atoms with Gasteiger partial charge in [0.25, 0.3) is 0 Å². The molecule has 0 aliphatic rings. The highest BCUT2D eigenvalue weighted by atomic mass is 16.5. The number of rotatable bonds is 5. The molecule has 0 aliphatic heterocycles. The number of pyridine rings is 1. The molecule has 0 fully saturated rings. The first-order chi connectivity index (χ1) is 11.1. The zero-order chi connectivity index (χ0) is 16.8. The molecule has 2 rings (SSSR count). The van der Waals surface area contributed by atoms with E-state index in [9.17, 15) is 4.79 Å². The SMILES string of the molecule is COC(=O)/C=C(\C)c1cc(OC)c(OC)c(-c2ccccn2)c1. The minimum absolute atomic E-state index is 0.406. The van der Waals surface area contributed by atoms with Crippen LogP contribution in [0.15, 0.2) is 42.6 Å². The summed E-state index contributed by atoms with van der Waals surface area (Å²) >= 11 is 0. The lowest BCUT2D eigenvalue weighted by Gasteiger charge is -2.15. The van der Waals surface area contributed by atoms with Gasteiger partial charge >= 0.3 is 5.97 Å². The van der Waals surface area contributed by atoms with Crippen LogP contribution < -0.4 is 9.47 Å². The number of hydrogen-bond acceptors (Lipinski definition) is 5. The Morgan fingerprint density at radius 3 is 2.48 bits per heavy atom. The van der Waals surface area contributed by atoms with Gasteiger partial charge in [0.05, 0.1) is 27.0 Å². The average molecular weight is 313 g/mol. The fourth-order valence-corrected chi connectivity index (χ4v) is 2.22. The maximum Gasteiger partial charge on any atom is 0.330 e. The number of methoxy groups -OCH3 is 3. The largest absolute Gasteiger partial charge is 0.493 e. The van der Waals surface area contributed by atoms with E-state index in [1.807, 2.05) is 37.3 Å². The molecule has 5 nitrogen and oxygen atoms in total. The Morgan fingerprint density at radius 2 is 1.91 bits per heavy atom. The first-order valence-corrected chi connectivity index (χ1v) is 7.04. The Balaban J connectivity index is 2.63. The van der Waals surface area contributed by atoms with Gasteiger partial charge in [0.15, 0.2) is 11.5 Å². The van der Waals surface area contributed by atoms with Crippen LogP contribution in [0.3, 0.4) is 0 Å². The van der Waals surface area contributed by atoms with Crippen LogP contribution in [-0.4, -0.2) is 32.3 Å². The Kier molecular flexibility index (Phi) is 5.36. The number of ether oxygens (including phenoxy) is 3. The second-order valence-electron chi connectivity index (χ2n) is 4.82. The van der Waals surface area contributed by atoms with Crippen molar-refractivity contribution in [2.75, 3.05) is 21.3 Å². The third-order valence-corrected chi connectivity index (χ3v) is 3.41. The summed E-state index contributed by atoms with van der Waals surface area (Å²) < 4.78 is 15.6. The van der Waals surface area contributed by atoms with E-state index >= 15 is 0 Å². The van der Waals surface area contributed by atoms with E-state index in [-0.39, 0.29) is 0 Å². The van der Waals surface area contributed by atoms with E-state index in [4.69, 9.17) is 9.47 Å². The van der Waals surface area contributed by atoms with Crippen molar-refractivity contribution in [1.29, 1.82) is 0 Å². The third kappa shape index (κ3) is 3.69. The average Bonchev–Trinajstić information content (AvgIpc) is 2.60. The van der Waals surface area contributed by atoms with Crippen molar-refractivity contribution in [1.82, 2.24) is 4.98 Å². The Labute approximate surface area is 135 Å². The van der Waals surface area contributed by atoms with E-state index in [1.54, 1.807) is 20.4 Å². The highest BCUT2D eigenvalue weighted by molar-refractivity contribution is 5.92. The van der Waals surface area contributed by atoms with Crippen LogP contribution in [0.4, 0.5) is 0 Å². The van der Waals surface area contributed by atoms with Gasteiger partial charge in [-0.1, -0.05) is 6.07 Å². The summed E-state index contributed by atoms with van der Waals surface area (Å²) in [6.45, 7) is 1.83. The zero-order valence-electron chi connectivity index (χ0n) is 13.6. The smallest absolute Gasteiger partial charge is 0.330 e. The van der Waals surface area contributed by atoms with Gasteiger partial charge in [-0.2, -0.15) is 0 Å². The summed E-state index contributed by atoms with van der Waals surface area (Å²) in [5.41, 5.74) is 3.14. The molecule has 1 aromatic carbocycles. The Morgan fingerprint density at radius 1 is 1.13 bits per heavy atom. The highest BCUT2D eigenvalue weighted by Crippen LogP contribution is 2.39. The molecule has 23 heavy (non-hydrogen) atoms. The first kappa shape index (κ1) is 16.5. The van der Waals surface area contributed by atoms with Gasteiger partial charge in [-0.3, -0.25) is 4.98 Å². The van der Waals surface area contributed by atoms with Crippen LogP contribution in [0.25, 0.3) is 16.8 Å². The molecule has 5 heteroatoms. The molecule has 0 aliphatic carbocycles. The maximum atomic E-state index is 11.5. The number of carbonyl (C=O) groups excluding carboxylic acids is 1. The molecule has 1 heterocycles. The number of hydrogen-bond donors (Lipinski definition) is 0. The van der Waals surface area contributed by atoms with Gasteiger partial charge in [-0.15, -0.1) is 0 Å². The fraction of sp³-hybridized carbons (Fsp3) is 0.222. The highest BCUT2D eigenvalue weighted by Gasteiger charge is 2.16. The molecule has 0 radical (unpaired) electrons. The van der Waals surface area contributed by atoms with Gasteiger partial charge in [-0.05, 0) is 42.3 Å². The van der Waals surface area contributed by atoms with Gasteiger partial charge in [0, 0.05) is 17.8 Å². The maximum absolute atomic E-state index is 11.5. The summed E-state index contributed by atoms with van der Waals surface area (Å²) in [7, 11) is 4.50. The predicted octanol–water partition coefficient (Wildman–Crippen LogP) is 3.34. The number of aromatic nitrogens is 1. The summed E-state index contributed by atoms with van der Waals surface area (Å²) in [6, 6.07) is 9.37. The number of benzene rings is 1. The zero-order valence-corrected chi connectivity index (χ0v) is 13.6. The van der Waals surface area contributed by atoms with Gasteiger partial charge in [0.1, 0.15) is 0 Å². The van der Waals surface area contributed by atoms with E-state index in [2.05, 4.69) is 9.72 Å². The molecule has 0 N–H and O–H groups in total. The van der Waals surface area contributed by atoms with Crippen LogP contribution in [0.2, 0.25) is 0 Å². The first-order valence-electron chi connectivity index (χ1n) is 7.04. The van der Waals surface area contributed by atoms with Crippen molar-refractivity contribution in [3.05, 3.63) is 48.2 Å². The van der Waals surface area contributed by atoms with Gasteiger partial charge in [0.2, 0.25) is 0 Å². The van der Waals surface area contributed by atoms with Crippen molar-refractivity contribution in [3.63, 3.8) is 0 Å². The van der Waals surface area contributed by atoms with Crippen LogP contribution in [0.1, 0.15) is 12.5 Å². The van der Waals surface area contributed by atoms with Crippen LogP contribution in [0.5, 0.6) is 11.5 Å². The molecule has 0 unspecified atom stereocenters. The van der Waals surface area contributed by atoms with Gasteiger partial charge in [-0.25, -0.2) is 4.79 Å². The quantitative estimate of drug-likeness (QED) is 0.626. The van der Waals surface area contributed by atoms with E-state index in [0.29, 0.717) is 11.5 Å². The third-order valence-electron chi connectivity index (χ3n) is 3.41. The number of nitrogens with zero attached hydrogens (tertiary/aromatic N) is 1. The van der Waals surface area contributed by atoms with Crippen molar-refractivity contribution in [2.45, 2.75) is 6.92 Å². The Bertz CT molecular complexity index is 723. The van der Waals surface area contributed by atoms with Crippen LogP contribution in [0, 0.1) is 0 Å². The van der Waals surface area contributed by atoms with Crippen molar-refractivity contribution in [2.24, 2.45) is 0 Å². The second-order valence-corrected chi connectivity index (χ2v) is 4.82. The molecular weight excluding hydrogens is 294 g/mol. The minimum Gasteiger partial charge on any atom is -0.493 e. The number of allylic oxidation sites excluding steroid dienone is 1. The lowest BCUT2D eigenvalue weighted by atomic mass is 10.00. The molecule has 0 atom stereocenters. The molecule has 0 amide bonds. The molecule has 0 bridgehead atoms. The minimum atomic E-state index is -0.406. The Hall–Kier alpha value is -2.82. The number of carbonyl (C=O) groups is 1. The molecule has 0 saturated heterocycles. The van der Waals surface area contributed by atoms with Crippen LogP contribution in [-0.2, 0) is 9.53 Å². The van der Waals surface area contributed by atoms with E-state index in [1.165, 1.54) is 13.2 Å². The van der Waals surface area contributed by atoms with Crippen molar-refractivity contribution >= 4 is 11.5 Å². The summed E-state index contributed by atoms with van der Waals surface area (Å²) in [4.78, 5) is 15.8. The lowest BCUT2D eigenvalue weighted by molar-refractivity contribution is -0.134. The lowest BCUT2D eigenvalue weighted by Crippen LogP contribution is -1.98. The summed E-state index contributed by atoms with van der Waals surface area (Å²) in [5, 5.41) is 0. The molecule has 1 aromatic heterocycles. The molecule has 2 aromatic rings. The van der Waals surface area contributed by atoms with Crippen LogP contribution >= 0.6 is 0 Å². The standard InChI is InChI=1S/C18H19NO4/c1-12(9-17(20)22-3)13-10-14(15-7-5-6-8-19-15)18(23-4)16(11-13)21-2/h5-11H,1-4H3/b12-9+. The molecule has 120 valence electrons. The molecule has 0 spiro atoms. The summed E-state index contributed by atoms with van der Waals surface area (Å²) in [5.74, 6) is 0.765. The topological polar surface area (TPSA) is 57.7 Å². The fourth-order valence-electron chi connectivity index (χ4n) is 2.22. The molecular formula is C18H19NO4. The monoisotopic (exact) mass is 313 g/mol. The normalized spacial score (nSPS) is 11.0. The van der Waals surface area contributed by atoms with E-state index < -0.39 is 5.97 Å². The molecule has 0 saturated carbocycles. The summed E-state index contributed by atoms with van der Waals surface area (Å²) in [6.07, 6.45) is 3.15. The predicted molar refractivity (Wildman–Crippen MR) is 88.4 cm³/mol.